The number of likely N-dealkylation sites (N-methyl/N-ethyl adjacent to an activating group) is 1. The van der Waals surface area contributed by atoms with Gasteiger partial charge in [0.25, 0.3) is 0 Å². The second kappa shape index (κ2) is 6.25. The number of hydrogen-bond donors (Lipinski definition) is 2. The van der Waals surface area contributed by atoms with Gasteiger partial charge < -0.3 is 15.7 Å². The molecule has 0 radical (unpaired) electrons. The van der Waals surface area contributed by atoms with Crippen LogP contribution >= 0.6 is 0 Å². The lowest BCUT2D eigenvalue weighted by Crippen LogP contribution is -2.32. The third kappa shape index (κ3) is 4.87. The molecule has 0 amide bonds. The second-order valence-corrected chi connectivity index (χ2v) is 4.42. The fraction of sp³-hybridized carbons (Fsp3) is 0.462. The summed E-state index contributed by atoms with van der Waals surface area (Å²) in [6.45, 7) is 2.66. The summed E-state index contributed by atoms with van der Waals surface area (Å²) in [4.78, 5) is 12.5. The van der Waals surface area contributed by atoms with Crippen LogP contribution in [0.25, 0.3) is 0 Å². The molecule has 0 aromatic heterocycles. The van der Waals surface area contributed by atoms with E-state index in [1.54, 1.807) is 0 Å². The van der Waals surface area contributed by atoms with Gasteiger partial charge in [0.05, 0.1) is 6.42 Å². The Labute approximate surface area is 102 Å². The molecule has 0 heterocycles. The van der Waals surface area contributed by atoms with Gasteiger partial charge in [-0.25, -0.2) is 0 Å². The molecule has 1 aromatic carbocycles. The van der Waals surface area contributed by atoms with Gasteiger partial charge in [-0.15, -0.1) is 0 Å². The first kappa shape index (κ1) is 13.5. The maximum atomic E-state index is 10.5. The molecule has 1 unspecified atom stereocenters. The fourth-order valence-electron chi connectivity index (χ4n) is 1.71. The lowest BCUT2D eigenvalue weighted by atomic mass is 10.1. The average molecular weight is 236 g/mol. The molecule has 0 saturated carbocycles. The van der Waals surface area contributed by atoms with Gasteiger partial charge in [-0.3, -0.25) is 4.79 Å². The van der Waals surface area contributed by atoms with Crippen molar-refractivity contribution in [3.8, 4) is 0 Å². The molecule has 1 aromatic rings. The minimum Gasteiger partial charge on any atom is -0.481 e. The van der Waals surface area contributed by atoms with E-state index in [1.807, 2.05) is 31.3 Å². The van der Waals surface area contributed by atoms with Gasteiger partial charge in [0.1, 0.15) is 0 Å². The van der Waals surface area contributed by atoms with Crippen molar-refractivity contribution in [2.24, 2.45) is 0 Å². The number of nitrogens with zero attached hydrogens (tertiary/aromatic N) is 1. The first-order valence-corrected chi connectivity index (χ1v) is 5.75. The highest BCUT2D eigenvalue weighted by molar-refractivity contribution is 5.66. The molecule has 4 heteroatoms. The van der Waals surface area contributed by atoms with E-state index < -0.39 is 5.97 Å². The zero-order valence-electron chi connectivity index (χ0n) is 10.4. The van der Waals surface area contributed by atoms with Gasteiger partial charge in [0.2, 0.25) is 0 Å². The Morgan fingerprint density at radius 1 is 1.53 bits per heavy atom. The SMILES string of the molecule is CC(Cc1cccc(N)c1)N(C)CCC(=O)O. The van der Waals surface area contributed by atoms with E-state index in [1.165, 1.54) is 5.56 Å². The van der Waals surface area contributed by atoms with Crippen molar-refractivity contribution in [1.29, 1.82) is 0 Å². The number of anilines is 1. The Morgan fingerprint density at radius 2 is 2.24 bits per heavy atom. The average Bonchev–Trinajstić information content (AvgIpc) is 2.25. The predicted molar refractivity (Wildman–Crippen MR) is 68.9 cm³/mol. The molecule has 3 N–H and O–H groups in total. The van der Waals surface area contributed by atoms with Crippen LogP contribution in [0.5, 0.6) is 0 Å². The summed E-state index contributed by atoms with van der Waals surface area (Å²) in [7, 11) is 1.94. The largest absolute Gasteiger partial charge is 0.481 e. The van der Waals surface area contributed by atoms with E-state index in [-0.39, 0.29) is 6.42 Å². The maximum absolute atomic E-state index is 10.5. The Kier molecular flexibility index (Phi) is 4.97. The number of carboxylic acid groups (broad SMARTS) is 1. The molecule has 0 fully saturated rings. The smallest absolute Gasteiger partial charge is 0.304 e. The molecule has 0 aliphatic heterocycles. The van der Waals surface area contributed by atoms with E-state index in [4.69, 9.17) is 10.8 Å². The molecule has 4 nitrogen and oxygen atoms in total. The van der Waals surface area contributed by atoms with Crippen LogP contribution in [0.1, 0.15) is 18.9 Å². The first-order valence-electron chi connectivity index (χ1n) is 5.75. The van der Waals surface area contributed by atoms with Crippen LogP contribution in [0.2, 0.25) is 0 Å². The van der Waals surface area contributed by atoms with Crippen molar-refractivity contribution in [3.05, 3.63) is 29.8 Å². The zero-order valence-corrected chi connectivity index (χ0v) is 10.4. The highest BCUT2D eigenvalue weighted by Crippen LogP contribution is 2.11. The summed E-state index contributed by atoms with van der Waals surface area (Å²) in [6.07, 6.45) is 1.05. The fourth-order valence-corrected chi connectivity index (χ4v) is 1.71. The summed E-state index contributed by atoms with van der Waals surface area (Å²) in [5.41, 5.74) is 7.66. The predicted octanol–water partition coefficient (Wildman–Crippen LogP) is 1.61. The Bertz CT molecular complexity index is 379. The van der Waals surface area contributed by atoms with Gasteiger partial charge in [0, 0.05) is 18.3 Å². The molecule has 1 atom stereocenters. The number of carboxylic acids is 1. The van der Waals surface area contributed by atoms with E-state index in [0.29, 0.717) is 12.6 Å². The van der Waals surface area contributed by atoms with Crippen LogP contribution in [0.4, 0.5) is 5.69 Å². The van der Waals surface area contributed by atoms with E-state index in [2.05, 4.69) is 11.8 Å². The second-order valence-electron chi connectivity index (χ2n) is 4.42. The molecular weight excluding hydrogens is 216 g/mol. The van der Waals surface area contributed by atoms with E-state index in [0.717, 1.165) is 12.1 Å². The van der Waals surface area contributed by atoms with Crippen LogP contribution in [0.15, 0.2) is 24.3 Å². The van der Waals surface area contributed by atoms with Crippen LogP contribution in [0, 0.1) is 0 Å². The van der Waals surface area contributed by atoms with Gasteiger partial charge >= 0.3 is 5.97 Å². The van der Waals surface area contributed by atoms with Crippen molar-refractivity contribution >= 4 is 11.7 Å². The molecule has 94 valence electrons. The Balaban J connectivity index is 2.48. The minimum absolute atomic E-state index is 0.178. The number of aliphatic carboxylic acids is 1. The number of nitrogens with two attached hydrogens (primary N) is 1. The quantitative estimate of drug-likeness (QED) is 0.736. The third-order valence-electron chi connectivity index (χ3n) is 2.91. The molecular formula is C13H20N2O2. The van der Waals surface area contributed by atoms with Crippen molar-refractivity contribution < 1.29 is 9.90 Å². The Hall–Kier alpha value is -1.55. The normalized spacial score (nSPS) is 12.6. The highest BCUT2D eigenvalue weighted by atomic mass is 16.4. The number of hydrogen-bond acceptors (Lipinski definition) is 3. The van der Waals surface area contributed by atoms with Crippen LogP contribution in [-0.4, -0.2) is 35.6 Å². The molecule has 0 spiro atoms. The monoisotopic (exact) mass is 236 g/mol. The maximum Gasteiger partial charge on any atom is 0.304 e. The summed E-state index contributed by atoms with van der Waals surface area (Å²) in [5.74, 6) is -0.756. The van der Waals surface area contributed by atoms with Crippen LogP contribution in [-0.2, 0) is 11.2 Å². The minimum atomic E-state index is -0.756. The highest BCUT2D eigenvalue weighted by Gasteiger charge is 2.11. The summed E-state index contributed by atoms with van der Waals surface area (Å²) in [6, 6.07) is 8.10. The van der Waals surface area contributed by atoms with Gasteiger partial charge in [-0.05, 0) is 38.1 Å². The van der Waals surface area contributed by atoms with Crippen LogP contribution < -0.4 is 5.73 Å². The number of nitrogen functional groups attached to an aromatic ring is 1. The molecule has 0 aliphatic carbocycles. The lowest BCUT2D eigenvalue weighted by molar-refractivity contribution is -0.137. The summed E-state index contributed by atoms with van der Waals surface area (Å²) < 4.78 is 0. The van der Waals surface area contributed by atoms with Crippen molar-refractivity contribution in [1.82, 2.24) is 4.90 Å². The van der Waals surface area contributed by atoms with Gasteiger partial charge in [-0.2, -0.15) is 0 Å². The van der Waals surface area contributed by atoms with Crippen molar-refractivity contribution in [2.45, 2.75) is 25.8 Å². The van der Waals surface area contributed by atoms with Crippen LogP contribution in [0.3, 0.4) is 0 Å². The molecule has 0 aliphatic rings. The number of rotatable bonds is 6. The van der Waals surface area contributed by atoms with E-state index in [9.17, 15) is 4.79 Å². The number of benzene rings is 1. The van der Waals surface area contributed by atoms with Crippen molar-refractivity contribution in [3.63, 3.8) is 0 Å². The summed E-state index contributed by atoms with van der Waals surface area (Å²) >= 11 is 0. The van der Waals surface area contributed by atoms with Crippen molar-refractivity contribution in [2.75, 3.05) is 19.3 Å². The zero-order chi connectivity index (χ0) is 12.8. The molecule has 0 bridgehead atoms. The van der Waals surface area contributed by atoms with E-state index >= 15 is 0 Å². The lowest BCUT2D eigenvalue weighted by Gasteiger charge is -2.24. The third-order valence-corrected chi connectivity index (χ3v) is 2.91. The number of carbonyl (C=O) groups is 1. The van der Waals surface area contributed by atoms with Gasteiger partial charge in [-0.1, -0.05) is 12.1 Å². The summed E-state index contributed by atoms with van der Waals surface area (Å²) in [5, 5.41) is 8.63. The van der Waals surface area contributed by atoms with Gasteiger partial charge in [0.15, 0.2) is 0 Å². The molecule has 17 heavy (non-hydrogen) atoms. The topological polar surface area (TPSA) is 66.6 Å². The molecule has 1 rings (SSSR count). The molecule has 0 saturated heterocycles. The standard InChI is InChI=1S/C13H20N2O2/c1-10(15(2)7-6-13(16)17)8-11-4-3-5-12(14)9-11/h3-5,9-10H,6-8,14H2,1-2H3,(H,16,17). The Morgan fingerprint density at radius 3 is 2.82 bits per heavy atom. The first-order chi connectivity index (χ1) is 7.99.